The molecule has 0 spiro atoms. The fourth-order valence-corrected chi connectivity index (χ4v) is 0.592. The Labute approximate surface area is 82.6 Å². The van der Waals surface area contributed by atoms with Crippen LogP contribution in [0.3, 0.4) is 0 Å². The van der Waals surface area contributed by atoms with Gasteiger partial charge >= 0.3 is 6.18 Å². The summed E-state index contributed by atoms with van der Waals surface area (Å²) in [5.41, 5.74) is 5.41. The highest BCUT2D eigenvalue weighted by Gasteiger charge is 2.37. The van der Waals surface area contributed by atoms with Gasteiger partial charge in [-0.15, -0.1) is 0 Å². The molecule has 0 saturated carbocycles. The van der Waals surface area contributed by atoms with Crippen LogP contribution in [0, 0.1) is 5.41 Å². The van der Waals surface area contributed by atoms with Crippen LogP contribution in [0.4, 0.5) is 13.2 Å². The lowest BCUT2D eigenvalue weighted by molar-refractivity contribution is -0.216. The van der Waals surface area contributed by atoms with Gasteiger partial charge in [0.25, 0.3) is 0 Å². The minimum absolute atomic E-state index is 0.0792. The number of rotatable bonds is 3. The minimum Gasteiger partial charge on any atom is -0.367 e. The van der Waals surface area contributed by atoms with E-state index in [0.29, 0.717) is 0 Å². The zero-order chi connectivity index (χ0) is 11.6. The molecule has 0 bridgehead atoms. The molecule has 2 unspecified atom stereocenters. The van der Waals surface area contributed by atoms with Crippen molar-refractivity contribution in [3.8, 4) is 0 Å². The molecule has 0 amide bonds. The number of nitrogens with two attached hydrogens (primary N) is 1. The summed E-state index contributed by atoms with van der Waals surface area (Å²) < 4.78 is 40.7. The van der Waals surface area contributed by atoms with E-state index in [9.17, 15) is 13.2 Å². The van der Waals surface area contributed by atoms with Crippen LogP contribution in [0.2, 0.25) is 0 Å². The van der Waals surface area contributed by atoms with Gasteiger partial charge in [0.2, 0.25) is 0 Å². The maximum absolute atomic E-state index is 12.0. The third-order valence-corrected chi connectivity index (χ3v) is 2.10. The lowest BCUT2D eigenvalue weighted by Crippen LogP contribution is -2.42. The molecule has 2 N–H and O–H groups in total. The van der Waals surface area contributed by atoms with E-state index in [1.54, 1.807) is 0 Å². The fourth-order valence-electron chi connectivity index (χ4n) is 0.592. The van der Waals surface area contributed by atoms with E-state index in [2.05, 4.69) is 4.74 Å². The van der Waals surface area contributed by atoms with Crippen molar-refractivity contribution >= 4 is 0 Å². The van der Waals surface area contributed by atoms with Gasteiger partial charge in [-0.1, -0.05) is 20.8 Å². The molecule has 2 atom stereocenters. The van der Waals surface area contributed by atoms with Crippen LogP contribution in [-0.4, -0.2) is 24.9 Å². The van der Waals surface area contributed by atoms with Gasteiger partial charge in [-0.2, -0.15) is 13.2 Å². The molecule has 0 aromatic carbocycles. The van der Waals surface area contributed by atoms with Crippen LogP contribution in [0.15, 0.2) is 0 Å². The molecule has 0 fully saturated rings. The Morgan fingerprint density at radius 2 is 1.64 bits per heavy atom. The Morgan fingerprint density at radius 1 is 1.21 bits per heavy atom. The van der Waals surface area contributed by atoms with Crippen LogP contribution in [0.1, 0.15) is 27.7 Å². The number of halogens is 3. The van der Waals surface area contributed by atoms with Gasteiger partial charge in [-0.25, -0.2) is 0 Å². The fraction of sp³-hybridized carbons (Fsp3) is 1.00. The average Bonchev–Trinajstić information content (AvgIpc) is 1.95. The van der Waals surface area contributed by atoms with Crippen molar-refractivity contribution in [2.75, 3.05) is 6.61 Å². The van der Waals surface area contributed by atoms with E-state index in [-0.39, 0.29) is 12.0 Å². The zero-order valence-electron chi connectivity index (χ0n) is 8.98. The maximum atomic E-state index is 12.0. The third-order valence-electron chi connectivity index (χ3n) is 2.10. The summed E-state index contributed by atoms with van der Waals surface area (Å²) in [7, 11) is 0. The van der Waals surface area contributed by atoms with Crippen LogP contribution >= 0.6 is 0 Å². The van der Waals surface area contributed by atoms with E-state index in [1.165, 1.54) is 0 Å². The minimum atomic E-state index is -4.31. The van der Waals surface area contributed by atoms with Crippen LogP contribution in [0.25, 0.3) is 0 Å². The first-order valence-corrected chi connectivity index (χ1v) is 4.49. The highest BCUT2D eigenvalue weighted by molar-refractivity contribution is 4.77. The summed E-state index contributed by atoms with van der Waals surface area (Å²) in [6, 6.07) is -0.396. The van der Waals surface area contributed by atoms with Gasteiger partial charge in [-0.05, 0) is 12.3 Å². The summed E-state index contributed by atoms with van der Waals surface area (Å²) in [5.74, 6) is 0. The molecule has 14 heavy (non-hydrogen) atoms. The largest absolute Gasteiger partial charge is 0.414 e. The molecule has 0 heterocycles. The van der Waals surface area contributed by atoms with Crippen LogP contribution < -0.4 is 5.73 Å². The Bertz CT molecular complexity index is 154. The molecule has 2 nitrogen and oxygen atoms in total. The number of alkyl halides is 3. The second kappa shape index (κ2) is 4.49. The molecule has 0 aliphatic heterocycles. The van der Waals surface area contributed by atoms with E-state index in [0.717, 1.165) is 6.92 Å². The first-order chi connectivity index (χ1) is 6.05. The molecule has 0 aromatic heterocycles. The molecule has 86 valence electrons. The van der Waals surface area contributed by atoms with E-state index < -0.39 is 18.3 Å². The van der Waals surface area contributed by atoms with Gasteiger partial charge in [0.15, 0.2) is 6.10 Å². The van der Waals surface area contributed by atoms with E-state index in [1.807, 2.05) is 20.8 Å². The molecular formula is C9H18F3NO. The van der Waals surface area contributed by atoms with Crippen molar-refractivity contribution in [2.45, 2.75) is 46.0 Å². The Balaban J connectivity index is 3.96. The monoisotopic (exact) mass is 213 g/mol. The lowest BCUT2D eigenvalue weighted by atomic mass is 9.88. The zero-order valence-corrected chi connectivity index (χ0v) is 8.98. The molecule has 0 aliphatic rings. The molecule has 0 aromatic rings. The van der Waals surface area contributed by atoms with Gasteiger partial charge in [0.1, 0.15) is 0 Å². The normalized spacial score (nSPS) is 18.0. The lowest BCUT2D eigenvalue weighted by Gasteiger charge is -2.28. The van der Waals surface area contributed by atoms with Crippen molar-refractivity contribution in [2.24, 2.45) is 11.1 Å². The Hall–Kier alpha value is -0.290. The van der Waals surface area contributed by atoms with Crippen molar-refractivity contribution in [3.05, 3.63) is 0 Å². The van der Waals surface area contributed by atoms with E-state index in [4.69, 9.17) is 5.73 Å². The van der Waals surface area contributed by atoms with Gasteiger partial charge in [-0.3, -0.25) is 0 Å². The summed E-state index contributed by atoms with van der Waals surface area (Å²) in [6.07, 6.45) is -6.06. The SMILES string of the molecule is CC(OCC(N)C(C)(C)C)C(F)(F)F. The second-order valence-electron chi connectivity index (χ2n) is 4.49. The van der Waals surface area contributed by atoms with Crippen molar-refractivity contribution in [1.29, 1.82) is 0 Å². The summed E-state index contributed by atoms with van der Waals surface area (Å²) in [4.78, 5) is 0. The molecular weight excluding hydrogens is 195 g/mol. The highest BCUT2D eigenvalue weighted by Crippen LogP contribution is 2.24. The predicted octanol–water partition coefficient (Wildman–Crippen LogP) is 2.33. The Morgan fingerprint density at radius 3 is 1.93 bits per heavy atom. The molecule has 5 heteroatoms. The van der Waals surface area contributed by atoms with Gasteiger partial charge < -0.3 is 10.5 Å². The molecule has 0 aliphatic carbocycles. The smallest absolute Gasteiger partial charge is 0.367 e. The number of hydrogen-bond donors (Lipinski definition) is 1. The van der Waals surface area contributed by atoms with Crippen LogP contribution in [-0.2, 0) is 4.74 Å². The van der Waals surface area contributed by atoms with Gasteiger partial charge in [0, 0.05) is 6.04 Å². The molecule has 0 saturated heterocycles. The first kappa shape index (κ1) is 13.7. The highest BCUT2D eigenvalue weighted by atomic mass is 19.4. The summed E-state index contributed by atoms with van der Waals surface area (Å²) >= 11 is 0. The standard InChI is InChI=1S/C9H18F3NO/c1-6(9(10,11)12)14-5-7(13)8(2,3)4/h6-7H,5,13H2,1-4H3. The van der Waals surface area contributed by atoms with Gasteiger partial charge in [0.05, 0.1) is 6.61 Å². The van der Waals surface area contributed by atoms with E-state index >= 15 is 0 Å². The molecule has 0 radical (unpaired) electrons. The van der Waals surface area contributed by atoms with Crippen molar-refractivity contribution < 1.29 is 17.9 Å². The molecule has 0 rings (SSSR count). The predicted molar refractivity (Wildman–Crippen MR) is 48.9 cm³/mol. The second-order valence-corrected chi connectivity index (χ2v) is 4.49. The van der Waals surface area contributed by atoms with Crippen LogP contribution in [0.5, 0.6) is 0 Å². The maximum Gasteiger partial charge on any atom is 0.414 e. The third kappa shape index (κ3) is 4.81. The van der Waals surface area contributed by atoms with Crippen molar-refractivity contribution in [1.82, 2.24) is 0 Å². The average molecular weight is 213 g/mol. The number of ether oxygens (including phenoxy) is 1. The van der Waals surface area contributed by atoms with Crippen molar-refractivity contribution in [3.63, 3.8) is 0 Å². The Kier molecular flexibility index (Phi) is 4.39. The quantitative estimate of drug-likeness (QED) is 0.780. The topological polar surface area (TPSA) is 35.2 Å². The number of hydrogen-bond acceptors (Lipinski definition) is 2. The summed E-state index contributed by atoms with van der Waals surface area (Å²) in [6.45, 7) is 6.48. The summed E-state index contributed by atoms with van der Waals surface area (Å²) in [5, 5.41) is 0. The first-order valence-electron chi connectivity index (χ1n) is 4.49.